The second-order valence-corrected chi connectivity index (χ2v) is 23.6. The van der Waals surface area contributed by atoms with Crippen LogP contribution in [0.15, 0.2) is 48.6 Å². The number of allylic oxidation sites excluding steroid dienone is 8. The summed E-state index contributed by atoms with van der Waals surface area (Å²) in [5.41, 5.74) is 0. The van der Waals surface area contributed by atoms with Gasteiger partial charge in [0.05, 0.1) is 0 Å². The molecule has 0 radical (unpaired) electrons. The number of hydrogen-bond acceptors (Lipinski definition) is 0. The Morgan fingerprint density at radius 1 is 0.352 bits per heavy atom. The van der Waals surface area contributed by atoms with E-state index in [0.717, 1.165) is 142 Å². The predicted molar refractivity (Wildman–Crippen MR) is 224 cm³/mol. The smallest absolute Gasteiger partial charge is 0.0137 e. The van der Waals surface area contributed by atoms with E-state index in [1.807, 2.05) is 0 Å². The maximum Gasteiger partial charge on any atom is -0.0137 e. The van der Waals surface area contributed by atoms with Crippen LogP contribution in [0.1, 0.15) is 142 Å². The highest BCUT2D eigenvalue weighted by Crippen LogP contribution is 2.68. The van der Waals surface area contributed by atoms with Crippen LogP contribution in [-0.2, 0) is 0 Å². The first-order valence-corrected chi connectivity index (χ1v) is 25.3. The highest BCUT2D eigenvalue weighted by Gasteiger charge is 2.61. The molecule has 12 aliphatic rings. The first-order valence-electron chi connectivity index (χ1n) is 25.3. The molecule has 0 aromatic carbocycles. The van der Waals surface area contributed by atoms with Crippen molar-refractivity contribution < 1.29 is 0 Å². The zero-order valence-electron chi connectivity index (χ0n) is 34.6. The van der Waals surface area contributed by atoms with Crippen molar-refractivity contribution in [2.75, 3.05) is 0 Å². The molecular weight excluding hydrogens is 649 g/mol. The lowest BCUT2D eigenvalue weighted by molar-refractivity contribution is 0.135. The Morgan fingerprint density at radius 3 is 1.74 bits per heavy atom. The van der Waals surface area contributed by atoms with Gasteiger partial charge in [0.2, 0.25) is 0 Å². The molecule has 0 N–H and O–H groups in total. The van der Waals surface area contributed by atoms with Gasteiger partial charge < -0.3 is 0 Å². The van der Waals surface area contributed by atoms with E-state index < -0.39 is 0 Å². The van der Waals surface area contributed by atoms with Gasteiger partial charge in [-0.1, -0.05) is 107 Å². The number of hydrogen-bond donors (Lipinski definition) is 0. The molecule has 12 rings (SSSR count). The van der Waals surface area contributed by atoms with Crippen molar-refractivity contribution in [1.29, 1.82) is 0 Å². The molecule has 294 valence electrons. The lowest BCUT2D eigenvalue weighted by Gasteiger charge is -2.35. The molecule has 12 aliphatic carbocycles. The minimum Gasteiger partial charge on any atom is -0.0879 e. The van der Waals surface area contributed by atoms with Gasteiger partial charge in [0.15, 0.2) is 0 Å². The molecule has 0 saturated heterocycles. The van der Waals surface area contributed by atoms with Crippen molar-refractivity contribution in [2.45, 2.75) is 142 Å². The Labute approximate surface area is 331 Å². The zero-order chi connectivity index (χ0) is 35.7. The second-order valence-electron chi connectivity index (χ2n) is 23.6. The maximum absolute atomic E-state index is 2.93. The van der Waals surface area contributed by atoms with Gasteiger partial charge in [-0.25, -0.2) is 0 Å². The first-order chi connectivity index (χ1) is 26.6. The average Bonchev–Trinajstić information content (AvgIpc) is 3.99. The minimum atomic E-state index is 0.819. The lowest BCUT2D eigenvalue weighted by atomic mass is 9.69. The van der Waals surface area contributed by atoms with E-state index in [9.17, 15) is 0 Å². The summed E-state index contributed by atoms with van der Waals surface area (Å²) in [6.45, 7) is 5.21. The summed E-state index contributed by atoms with van der Waals surface area (Å²) >= 11 is 0. The summed E-state index contributed by atoms with van der Waals surface area (Å²) in [6, 6.07) is 0. The molecule has 0 aliphatic heterocycles. The first kappa shape index (κ1) is 35.0. The van der Waals surface area contributed by atoms with Crippen molar-refractivity contribution in [2.24, 2.45) is 142 Å². The van der Waals surface area contributed by atoms with Crippen LogP contribution in [0.25, 0.3) is 0 Å². The van der Waals surface area contributed by atoms with Gasteiger partial charge in [-0.15, -0.1) is 0 Å². The standard InChI is InChI=1S/C54H78/c1-31-9-3-12-39(31)52-30-50(51-29-34-11-5-17-44(34)54(51)52)47-20-8-19-46(47)49-28-37(42-15-7-18-45(42)49)23-24-38-26-36(48-27-33-10-4-16-43(33)53(38)48)22-21-35-25-32(2)40-13-6-14-41(35)40/h6-7,14,18,21-24,31-54H,3-5,8-13,15-17,19-20,25-30H2,1-2H3/b22-21-,24-23-. The molecule has 0 heteroatoms. The molecule has 24 unspecified atom stereocenters. The van der Waals surface area contributed by atoms with Crippen LogP contribution in [0.5, 0.6) is 0 Å². The molecule has 54 heavy (non-hydrogen) atoms. The molecule has 0 nitrogen and oxygen atoms in total. The normalized spacial score (nSPS) is 59.4. The maximum atomic E-state index is 2.93. The van der Waals surface area contributed by atoms with Crippen LogP contribution in [0.3, 0.4) is 0 Å². The third-order valence-electron chi connectivity index (χ3n) is 22.1. The predicted octanol–water partition coefficient (Wildman–Crippen LogP) is 14.0. The van der Waals surface area contributed by atoms with Crippen LogP contribution in [0, 0.1) is 142 Å². The van der Waals surface area contributed by atoms with Crippen molar-refractivity contribution in [3.05, 3.63) is 48.6 Å². The molecule has 0 spiro atoms. The Balaban J connectivity index is 0.770. The summed E-state index contributed by atoms with van der Waals surface area (Å²) in [4.78, 5) is 0. The molecule has 0 amide bonds. The Bertz CT molecular complexity index is 1510. The second kappa shape index (κ2) is 13.8. The monoisotopic (exact) mass is 727 g/mol. The average molecular weight is 727 g/mol. The van der Waals surface area contributed by atoms with E-state index in [1.165, 1.54) is 44.9 Å². The van der Waals surface area contributed by atoms with Gasteiger partial charge >= 0.3 is 0 Å². The largest absolute Gasteiger partial charge is 0.0879 e. The van der Waals surface area contributed by atoms with E-state index >= 15 is 0 Å². The molecule has 0 bridgehead atoms. The van der Waals surface area contributed by atoms with E-state index in [4.69, 9.17) is 0 Å². The Morgan fingerprint density at radius 2 is 0.944 bits per heavy atom. The van der Waals surface area contributed by atoms with E-state index in [0.29, 0.717) is 0 Å². The SMILES string of the molecule is CC1CC(/C=C\C2CC(/C=C\C3CC(C4CCCC4C4CC(C5CCCC5C)C5C6CCCC6CC45)C4C=CCC34)C3C2CC2CCCC23)C2C=CCC12. The van der Waals surface area contributed by atoms with Gasteiger partial charge in [-0.3, -0.25) is 0 Å². The highest BCUT2D eigenvalue weighted by atomic mass is 14.7. The topological polar surface area (TPSA) is 0 Å². The van der Waals surface area contributed by atoms with Gasteiger partial charge in [-0.2, -0.15) is 0 Å². The van der Waals surface area contributed by atoms with Gasteiger partial charge in [0.1, 0.15) is 0 Å². The Kier molecular flexibility index (Phi) is 8.92. The molecule has 0 aromatic heterocycles. The summed E-state index contributed by atoms with van der Waals surface area (Å²) < 4.78 is 0. The summed E-state index contributed by atoms with van der Waals surface area (Å²) in [5, 5.41) is 0. The third kappa shape index (κ3) is 5.44. The highest BCUT2D eigenvalue weighted by molar-refractivity contribution is 5.20. The molecule has 0 heterocycles. The molecule has 10 saturated carbocycles. The minimum absolute atomic E-state index is 0.819. The van der Waals surface area contributed by atoms with E-state index in [-0.39, 0.29) is 0 Å². The van der Waals surface area contributed by atoms with Crippen molar-refractivity contribution in [3.8, 4) is 0 Å². The number of fused-ring (bicyclic) bond motifs is 8. The van der Waals surface area contributed by atoms with Gasteiger partial charge in [0, 0.05) is 0 Å². The van der Waals surface area contributed by atoms with Crippen LogP contribution in [0.4, 0.5) is 0 Å². The fourth-order valence-corrected chi connectivity index (χ4v) is 20.4. The number of rotatable bonds is 7. The fourth-order valence-electron chi connectivity index (χ4n) is 20.4. The zero-order valence-corrected chi connectivity index (χ0v) is 34.6. The van der Waals surface area contributed by atoms with Crippen LogP contribution in [-0.4, -0.2) is 0 Å². The molecule has 24 atom stereocenters. The molecule has 10 fully saturated rings. The Hall–Kier alpha value is -1.04. The van der Waals surface area contributed by atoms with Gasteiger partial charge in [-0.05, 0) is 226 Å². The van der Waals surface area contributed by atoms with Crippen molar-refractivity contribution in [3.63, 3.8) is 0 Å². The van der Waals surface area contributed by atoms with Crippen LogP contribution >= 0.6 is 0 Å². The quantitative estimate of drug-likeness (QED) is 0.229. The summed E-state index contributed by atoms with van der Waals surface area (Å²) in [5.74, 6) is 23.9. The van der Waals surface area contributed by atoms with Crippen LogP contribution < -0.4 is 0 Å². The molecular formula is C54H78. The van der Waals surface area contributed by atoms with Crippen molar-refractivity contribution >= 4 is 0 Å². The third-order valence-corrected chi connectivity index (χ3v) is 22.1. The fraction of sp³-hybridized carbons (Fsp3) is 0.852. The van der Waals surface area contributed by atoms with Gasteiger partial charge in [0.25, 0.3) is 0 Å². The molecule has 0 aromatic rings. The van der Waals surface area contributed by atoms with Crippen molar-refractivity contribution in [1.82, 2.24) is 0 Å². The van der Waals surface area contributed by atoms with E-state index in [2.05, 4.69) is 62.5 Å². The lowest BCUT2D eigenvalue weighted by Crippen LogP contribution is -2.29. The van der Waals surface area contributed by atoms with Crippen LogP contribution in [0.2, 0.25) is 0 Å². The summed E-state index contributed by atoms with van der Waals surface area (Å²) in [6.07, 6.45) is 52.9. The van der Waals surface area contributed by atoms with E-state index in [1.54, 1.807) is 83.5 Å². The summed E-state index contributed by atoms with van der Waals surface area (Å²) in [7, 11) is 0.